The summed E-state index contributed by atoms with van der Waals surface area (Å²) in [6.45, 7) is 4.01. The lowest BCUT2D eigenvalue weighted by Gasteiger charge is -2.41. The van der Waals surface area contributed by atoms with Gasteiger partial charge >= 0.3 is 16.4 Å². The first kappa shape index (κ1) is 55.9. The van der Waals surface area contributed by atoms with Crippen molar-refractivity contribution in [3.63, 3.8) is 0 Å². The van der Waals surface area contributed by atoms with Crippen molar-refractivity contribution in [1.29, 1.82) is 0 Å². The van der Waals surface area contributed by atoms with Gasteiger partial charge in [0, 0.05) is 13.0 Å². The SMILES string of the molecule is CCCCCCCC/C=C\CCCCCCCCCCOCC(COC1OC(CO)C(O)C(OS(=O)(=O)O)C1O)OC(=O)CCCCCCCCCCCCCCCC. The number of carbonyl (C=O) groups is 1. The van der Waals surface area contributed by atoms with Gasteiger partial charge in [-0.2, -0.15) is 8.42 Å². The summed E-state index contributed by atoms with van der Waals surface area (Å²) in [4.78, 5) is 12.8. The molecule has 6 atom stereocenters. The van der Waals surface area contributed by atoms with Crippen LogP contribution in [-0.4, -0.2) is 97.5 Å². The van der Waals surface area contributed by atoms with E-state index in [4.69, 9.17) is 23.5 Å². The van der Waals surface area contributed by atoms with E-state index in [2.05, 4.69) is 30.2 Å². The van der Waals surface area contributed by atoms with Crippen LogP contribution < -0.4 is 0 Å². The van der Waals surface area contributed by atoms with E-state index >= 15 is 0 Å². The van der Waals surface area contributed by atoms with Gasteiger partial charge in [-0.05, 0) is 38.5 Å². The number of aliphatic hydroxyl groups excluding tert-OH is 3. The molecule has 6 unspecified atom stereocenters. The largest absolute Gasteiger partial charge is 0.457 e. The van der Waals surface area contributed by atoms with E-state index in [9.17, 15) is 28.5 Å². The molecule has 1 heterocycles. The number of aliphatic hydroxyl groups is 3. The number of allylic oxidation sites excluding steroid dienone is 2. The molecule has 0 spiro atoms. The first-order valence-corrected chi connectivity index (χ1v) is 25.3. The van der Waals surface area contributed by atoms with Gasteiger partial charge in [0.25, 0.3) is 0 Å². The summed E-state index contributed by atoms with van der Waals surface area (Å²) in [5, 5.41) is 30.7. The number of rotatable bonds is 42. The summed E-state index contributed by atoms with van der Waals surface area (Å²) in [6.07, 6.45) is 32.4. The van der Waals surface area contributed by atoms with E-state index < -0.39 is 59.8 Å². The molecule has 12 nitrogen and oxygen atoms in total. The van der Waals surface area contributed by atoms with E-state index in [-0.39, 0.29) is 19.6 Å². The Labute approximate surface area is 359 Å². The third-order valence-electron chi connectivity index (χ3n) is 11.1. The van der Waals surface area contributed by atoms with Crippen LogP contribution in [0.2, 0.25) is 0 Å². The number of esters is 1. The Morgan fingerprint density at radius 3 is 1.53 bits per heavy atom. The monoisotopic (exact) mass is 865 g/mol. The molecule has 0 amide bonds. The molecule has 0 radical (unpaired) electrons. The number of hydrogen-bond donors (Lipinski definition) is 4. The Morgan fingerprint density at radius 1 is 0.627 bits per heavy atom. The first-order valence-electron chi connectivity index (χ1n) is 23.9. The van der Waals surface area contributed by atoms with Gasteiger partial charge in [-0.3, -0.25) is 9.35 Å². The van der Waals surface area contributed by atoms with Crippen LogP contribution in [0.3, 0.4) is 0 Å². The van der Waals surface area contributed by atoms with Crippen LogP contribution in [0.5, 0.6) is 0 Å². The molecule has 1 fully saturated rings. The number of ether oxygens (including phenoxy) is 4. The smallest absolute Gasteiger partial charge is 0.397 e. The highest BCUT2D eigenvalue weighted by molar-refractivity contribution is 7.80. The van der Waals surface area contributed by atoms with Crippen LogP contribution in [0.15, 0.2) is 12.2 Å². The summed E-state index contributed by atoms with van der Waals surface area (Å²) >= 11 is 0. The lowest BCUT2D eigenvalue weighted by molar-refractivity contribution is -0.301. The van der Waals surface area contributed by atoms with Gasteiger partial charge in [0.15, 0.2) is 6.29 Å². The molecule has 4 N–H and O–H groups in total. The van der Waals surface area contributed by atoms with Crippen molar-refractivity contribution in [2.24, 2.45) is 0 Å². The average Bonchev–Trinajstić information content (AvgIpc) is 3.20. The third-order valence-corrected chi connectivity index (χ3v) is 11.6. The molecule has 1 rings (SSSR count). The molecule has 0 aromatic heterocycles. The van der Waals surface area contributed by atoms with E-state index in [1.54, 1.807) is 0 Å². The van der Waals surface area contributed by atoms with Crippen LogP contribution >= 0.6 is 0 Å². The zero-order valence-corrected chi connectivity index (χ0v) is 38.1. The zero-order chi connectivity index (χ0) is 43.2. The minimum atomic E-state index is -5.06. The Bertz CT molecular complexity index is 1090. The minimum absolute atomic E-state index is 0.0394. The maximum Gasteiger partial charge on any atom is 0.397 e. The maximum atomic E-state index is 12.8. The minimum Gasteiger partial charge on any atom is -0.457 e. The standard InChI is InChI=1S/C46H88O12S/c1-3-5-7-9-11-13-15-17-19-20-21-22-24-26-28-30-32-34-36-54-38-40(39-55-46-44(50)45(58-59(51,52)53)43(49)41(37-47)57-46)56-42(48)35-33-31-29-27-25-23-18-16-14-12-10-8-6-4-2/h17,19,40-41,43-47,49-50H,3-16,18,20-39H2,1-2H3,(H,51,52,53)/b19-17-. The van der Waals surface area contributed by atoms with Crippen molar-refractivity contribution >= 4 is 16.4 Å². The molecular weight excluding hydrogens is 777 g/mol. The fourth-order valence-corrected chi connectivity index (χ4v) is 8.00. The van der Waals surface area contributed by atoms with Crippen molar-refractivity contribution in [1.82, 2.24) is 0 Å². The van der Waals surface area contributed by atoms with Crippen molar-refractivity contribution in [3.05, 3.63) is 12.2 Å². The average molecular weight is 865 g/mol. The molecule has 1 aliphatic rings. The molecule has 1 aliphatic heterocycles. The molecule has 0 aliphatic carbocycles. The first-order chi connectivity index (χ1) is 28.6. The van der Waals surface area contributed by atoms with Gasteiger partial charge in [0.1, 0.15) is 30.5 Å². The number of carbonyl (C=O) groups excluding carboxylic acids is 1. The molecule has 0 aromatic carbocycles. The molecule has 350 valence electrons. The lowest BCUT2D eigenvalue weighted by atomic mass is 9.99. The van der Waals surface area contributed by atoms with E-state index in [0.717, 1.165) is 38.5 Å². The highest BCUT2D eigenvalue weighted by Crippen LogP contribution is 2.26. The van der Waals surface area contributed by atoms with Crippen molar-refractivity contribution < 1.29 is 56.2 Å². The van der Waals surface area contributed by atoms with Crippen molar-refractivity contribution in [2.75, 3.05) is 26.4 Å². The van der Waals surface area contributed by atoms with Crippen LogP contribution in [0.4, 0.5) is 0 Å². The van der Waals surface area contributed by atoms with Crippen molar-refractivity contribution in [3.8, 4) is 0 Å². The Morgan fingerprint density at radius 2 is 1.07 bits per heavy atom. The van der Waals surface area contributed by atoms with Crippen LogP contribution in [0, 0.1) is 0 Å². The van der Waals surface area contributed by atoms with Gasteiger partial charge in [-0.15, -0.1) is 0 Å². The Hall–Kier alpha value is -1.16. The molecule has 0 saturated carbocycles. The second kappa shape index (κ2) is 38.5. The summed E-state index contributed by atoms with van der Waals surface area (Å²) in [5.41, 5.74) is 0. The summed E-state index contributed by atoms with van der Waals surface area (Å²) in [5.74, 6) is -0.397. The molecule has 0 bridgehead atoms. The van der Waals surface area contributed by atoms with Crippen molar-refractivity contribution in [2.45, 2.75) is 250 Å². The summed E-state index contributed by atoms with van der Waals surface area (Å²) in [7, 11) is -5.06. The van der Waals surface area contributed by atoms with Crippen LogP contribution in [0.25, 0.3) is 0 Å². The summed E-state index contributed by atoms with van der Waals surface area (Å²) < 4.78 is 59.1. The van der Waals surface area contributed by atoms with Gasteiger partial charge in [0.2, 0.25) is 0 Å². The maximum absolute atomic E-state index is 12.8. The molecule has 13 heteroatoms. The second-order valence-electron chi connectivity index (χ2n) is 16.7. The normalized spacial score (nSPS) is 20.4. The van der Waals surface area contributed by atoms with E-state index in [1.165, 1.54) is 148 Å². The van der Waals surface area contributed by atoms with E-state index in [0.29, 0.717) is 13.0 Å². The van der Waals surface area contributed by atoms with E-state index in [1.807, 2.05) is 0 Å². The Kier molecular flexibility index (Phi) is 36.5. The number of unbranched alkanes of at least 4 members (excludes halogenated alkanes) is 27. The molecule has 59 heavy (non-hydrogen) atoms. The fraction of sp³-hybridized carbons (Fsp3) is 0.935. The highest BCUT2D eigenvalue weighted by atomic mass is 32.3. The predicted molar refractivity (Wildman–Crippen MR) is 234 cm³/mol. The van der Waals surface area contributed by atoms with Crippen LogP contribution in [-0.2, 0) is 38.3 Å². The predicted octanol–water partition coefficient (Wildman–Crippen LogP) is 10.2. The quantitative estimate of drug-likeness (QED) is 0.0198. The third kappa shape index (κ3) is 32.2. The Balaban J connectivity index is 2.39. The van der Waals surface area contributed by atoms with Gasteiger partial charge in [-0.25, -0.2) is 4.18 Å². The topological polar surface area (TPSA) is 178 Å². The molecule has 1 saturated heterocycles. The van der Waals surface area contributed by atoms with Gasteiger partial charge in [0.05, 0.1) is 19.8 Å². The van der Waals surface area contributed by atoms with Gasteiger partial charge in [-0.1, -0.05) is 180 Å². The highest BCUT2D eigenvalue weighted by Gasteiger charge is 2.48. The second-order valence-corrected chi connectivity index (χ2v) is 17.8. The number of hydrogen-bond acceptors (Lipinski definition) is 11. The summed E-state index contributed by atoms with van der Waals surface area (Å²) in [6, 6.07) is 0. The van der Waals surface area contributed by atoms with Crippen LogP contribution in [0.1, 0.15) is 213 Å². The molecular formula is C46H88O12S. The lowest BCUT2D eigenvalue weighted by Crippen LogP contribution is -2.60. The fourth-order valence-electron chi connectivity index (χ4n) is 7.49. The van der Waals surface area contributed by atoms with Gasteiger partial charge < -0.3 is 34.3 Å². The molecule has 0 aromatic rings. The zero-order valence-electron chi connectivity index (χ0n) is 37.3.